The van der Waals surface area contributed by atoms with E-state index < -0.39 is 11.8 Å². The van der Waals surface area contributed by atoms with E-state index in [2.05, 4.69) is 39.9 Å². The highest BCUT2D eigenvalue weighted by atomic mass is 32.2. The minimum atomic E-state index is -0.833. The number of hydrogen-bond acceptors (Lipinski definition) is 10. The van der Waals surface area contributed by atoms with Crippen LogP contribution >= 0.6 is 12.1 Å². The number of fused-ring (bicyclic) bond motifs is 2. The third-order valence-electron chi connectivity index (χ3n) is 6.38. The lowest BCUT2D eigenvalue weighted by Crippen LogP contribution is -2.17. The Labute approximate surface area is 258 Å². The summed E-state index contributed by atoms with van der Waals surface area (Å²) in [7, 11) is 1.91. The van der Waals surface area contributed by atoms with Gasteiger partial charge in [0.25, 0.3) is 5.97 Å². The Hall–Kier alpha value is -3.66. The van der Waals surface area contributed by atoms with Crippen LogP contribution in [0.1, 0.15) is 53.5 Å². The zero-order valence-electron chi connectivity index (χ0n) is 26.0. The summed E-state index contributed by atoms with van der Waals surface area (Å²) < 4.78 is 31.4. The molecule has 12 heteroatoms. The Morgan fingerprint density at radius 2 is 1.86 bits per heavy atom. The quantitative estimate of drug-likeness (QED) is 0.221. The van der Waals surface area contributed by atoms with E-state index in [1.807, 2.05) is 32.1 Å². The topological polar surface area (TPSA) is 133 Å². The molecule has 1 aliphatic heterocycles. The molecule has 5 rings (SSSR count). The molecule has 10 nitrogen and oxygen atoms in total. The molecule has 0 spiro atoms. The van der Waals surface area contributed by atoms with Gasteiger partial charge in [0, 0.05) is 37.6 Å². The van der Waals surface area contributed by atoms with Crippen molar-refractivity contribution >= 4 is 34.8 Å². The van der Waals surface area contributed by atoms with E-state index in [-0.39, 0.29) is 11.3 Å². The first-order valence-corrected chi connectivity index (χ1v) is 15.3. The van der Waals surface area contributed by atoms with Crippen molar-refractivity contribution in [3.05, 3.63) is 47.9 Å². The number of ether oxygens (including phenoxy) is 2. The number of rotatable bonds is 9. The van der Waals surface area contributed by atoms with Gasteiger partial charge in [-0.15, -0.1) is 0 Å². The predicted octanol–water partition coefficient (Wildman–Crippen LogP) is 6.74. The second-order valence-electron chi connectivity index (χ2n) is 9.70. The number of anilines is 1. The number of piperidine rings is 1. The molecule has 234 valence electrons. The van der Waals surface area contributed by atoms with Gasteiger partial charge in [0.05, 0.1) is 29.5 Å². The number of nitriles is 1. The maximum absolute atomic E-state index is 14.7. The SMILES string of the molecule is CC.CC(=O)O.CCC.CCN(C)SNc1ccc(F)c(Oc2ccc3ncc(OCC4C5CNCC54)nc3c2)c1C#N. The first-order chi connectivity index (χ1) is 20.7. The Bertz CT molecular complexity index is 1360. The zero-order chi connectivity index (χ0) is 31.9. The molecule has 0 bridgehead atoms. The second-order valence-corrected chi connectivity index (χ2v) is 10.7. The fraction of sp³-hybridized carbons (Fsp3) is 0.484. The van der Waals surface area contributed by atoms with Crippen LogP contribution in [-0.4, -0.2) is 58.6 Å². The van der Waals surface area contributed by atoms with Gasteiger partial charge in [-0.2, -0.15) is 5.26 Å². The van der Waals surface area contributed by atoms with Crippen LogP contribution in [0, 0.1) is 34.9 Å². The van der Waals surface area contributed by atoms with Gasteiger partial charge in [-0.05, 0) is 56.2 Å². The summed E-state index contributed by atoms with van der Waals surface area (Å²) in [5.41, 5.74) is 1.80. The lowest BCUT2D eigenvalue weighted by molar-refractivity contribution is -0.134. The van der Waals surface area contributed by atoms with Crippen molar-refractivity contribution in [2.75, 3.05) is 38.0 Å². The number of nitrogens with zero attached hydrogens (tertiary/aromatic N) is 4. The van der Waals surface area contributed by atoms with Gasteiger partial charge < -0.3 is 24.6 Å². The fourth-order valence-corrected chi connectivity index (χ4v) is 4.80. The van der Waals surface area contributed by atoms with Crippen LogP contribution < -0.4 is 19.5 Å². The molecule has 1 aliphatic carbocycles. The molecular formula is C31H43FN6O4S. The van der Waals surface area contributed by atoms with E-state index in [9.17, 15) is 9.65 Å². The van der Waals surface area contributed by atoms with E-state index in [1.54, 1.807) is 24.4 Å². The number of carboxylic acid groups (broad SMARTS) is 1. The van der Waals surface area contributed by atoms with Crippen LogP contribution in [-0.2, 0) is 4.79 Å². The zero-order valence-corrected chi connectivity index (χ0v) is 26.8. The van der Waals surface area contributed by atoms with Crippen LogP contribution in [0.3, 0.4) is 0 Å². The van der Waals surface area contributed by atoms with E-state index >= 15 is 0 Å². The fourth-order valence-electron chi connectivity index (χ4n) is 4.25. The van der Waals surface area contributed by atoms with Crippen LogP contribution in [0.2, 0.25) is 0 Å². The third-order valence-corrected chi connectivity index (χ3v) is 7.26. The van der Waals surface area contributed by atoms with Gasteiger partial charge in [0.15, 0.2) is 11.6 Å². The lowest BCUT2D eigenvalue weighted by Gasteiger charge is -2.16. The largest absolute Gasteiger partial charge is 0.481 e. The van der Waals surface area contributed by atoms with Gasteiger partial charge >= 0.3 is 0 Å². The van der Waals surface area contributed by atoms with Crippen LogP contribution in [0.15, 0.2) is 36.5 Å². The number of carbonyl (C=O) groups is 1. The molecule has 2 fully saturated rings. The number of hydrogen-bond donors (Lipinski definition) is 3. The molecule has 0 radical (unpaired) electrons. The summed E-state index contributed by atoms with van der Waals surface area (Å²) in [6.07, 6.45) is 2.87. The van der Waals surface area contributed by atoms with Crippen LogP contribution in [0.4, 0.5) is 10.1 Å². The smallest absolute Gasteiger partial charge is 0.300 e. The minimum Gasteiger partial charge on any atom is -0.481 e. The molecule has 0 amide bonds. The number of halogens is 1. The van der Waals surface area contributed by atoms with Crippen molar-refractivity contribution in [3.63, 3.8) is 0 Å². The second kappa shape index (κ2) is 18.1. The molecule has 3 aromatic rings. The molecule has 2 heterocycles. The summed E-state index contributed by atoms with van der Waals surface area (Å²) in [5, 5.41) is 20.5. The average molecular weight is 615 g/mol. The highest BCUT2D eigenvalue weighted by Crippen LogP contribution is 2.48. The predicted molar refractivity (Wildman–Crippen MR) is 170 cm³/mol. The molecule has 1 aromatic heterocycles. The Kier molecular flexibility index (Phi) is 15.0. The molecule has 2 aliphatic rings. The van der Waals surface area contributed by atoms with Crippen molar-refractivity contribution in [2.24, 2.45) is 17.8 Å². The van der Waals surface area contributed by atoms with Crippen molar-refractivity contribution in [1.82, 2.24) is 19.6 Å². The van der Waals surface area contributed by atoms with Crippen LogP contribution in [0.5, 0.6) is 17.4 Å². The molecule has 2 aromatic carbocycles. The van der Waals surface area contributed by atoms with Crippen molar-refractivity contribution in [2.45, 2.75) is 48.0 Å². The van der Waals surface area contributed by atoms with E-state index in [1.165, 1.54) is 30.7 Å². The molecular weight excluding hydrogens is 571 g/mol. The monoisotopic (exact) mass is 614 g/mol. The molecule has 2 unspecified atom stereocenters. The van der Waals surface area contributed by atoms with Gasteiger partial charge in [-0.3, -0.25) is 4.79 Å². The van der Waals surface area contributed by atoms with Gasteiger partial charge in [-0.25, -0.2) is 18.7 Å². The first kappa shape index (κ1) is 35.5. The average Bonchev–Trinajstić information content (AvgIpc) is 3.42. The highest BCUT2D eigenvalue weighted by molar-refractivity contribution is 7.98. The van der Waals surface area contributed by atoms with Crippen molar-refractivity contribution in [3.8, 4) is 23.4 Å². The number of aliphatic carboxylic acids is 1. The van der Waals surface area contributed by atoms with Crippen molar-refractivity contribution in [1.29, 1.82) is 5.26 Å². The highest BCUT2D eigenvalue weighted by Gasteiger charge is 2.53. The van der Waals surface area contributed by atoms with Gasteiger partial charge in [0.1, 0.15) is 17.4 Å². The molecule has 3 N–H and O–H groups in total. The van der Waals surface area contributed by atoms with Crippen molar-refractivity contribution < 1.29 is 23.8 Å². The van der Waals surface area contributed by atoms with Gasteiger partial charge in [-0.1, -0.05) is 41.0 Å². The van der Waals surface area contributed by atoms with E-state index in [0.29, 0.717) is 52.7 Å². The Morgan fingerprint density at radius 3 is 2.47 bits per heavy atom. The molecule has 43 heavy (non-hydrogen) atoms. The van der Waals surface area contributed by atoms with E-state index in [4.69, 9.17) is 19.4 Å². The maximum atomic E-state index is 14.7. The normalized spacial score (nSPS) is 17.5. The minimum absolute atomic E-state index is 0.0877. The summed E-state index contributed by atoms with van der Waals surface area (Å²) in [6.45, 7) is 14.9. The third kappa shape index (κ3) is 10.5. The number of benzene rings is 2. The number of nitrogens with one attached hydrogen (secondary N) is 2. The maximum Gasteiger partial charge on any atom is 0.300 e. The Balaban J connectivity index is 0.000000641. The number of carboxylic acids is 1. The summed E-state index contributed by atoms with van der Waals surface area (Å²) in [4.78, 5) is 18.0. The standard InChI is InChI=1S/C24H25FN6O2S.C3H8.C2H4O2.C2H6/c1-3-31(2)34-30-20-7-5-19(25)24(15(20)9-26)33-14-4-6-21-22(8-14)29-23(12-28-21)32-13-18-16-10-27-11-17(16)18;1-3-2;1-2(3)4;1-2/h4-8,12,16-18,27,30H,3,10-11,13H2,1-2H3;3H2,1-2H3;1H3,(H,3,4);1-2H3. The first-order valence-electron chi connectivity index (χ1n) is 14.6. The molecule has 2 atom stereocenters. The summed E-state index contributed by atoms with van der Waals surface area (Å²) in [6, 6.07) is 9.95. The van der Waals surface area contributed by atoms with Crippen LogP contribution in [0.25, 0.3) is 11.0 Å². The molecule has 1 saturated carbocycles. The Morgan fingerprint density at radius 1 is 1.21 bits per heavy atom. The molecule has 1 saturated heterocycles. The number of aromatic nitrogens is 2. The summed E-state index contributed by atoms with van der Waals surface area (Å²) in [5.74, 6) is 1.22. The van der Waals surface area contributed by atoms with Gasteiger partial charge in [0.2, 0.25) is 5.88 Å². The summed E-state index contributed by atoms with van der Waals surface area (Å²) >= 11 is 1.32. The van der Waals surface area contributed by atoms with E-state index in [0.717, 1.165) is 26.6 Å². The lowest BCUT2D eigenvalue weighted by atomic mass is 10.1.